The van der Waals surface area contributed by atoms with Crippen LogP contribution < -0.4 is 10.9 Å². The Hall–Kier alpha value is -2.12. The van der Waals surface area contributed by atoms with Crippen LogP contribution >= 0.6 is 23.1 Å². The molecule has 0 fully saturated rings. The molecule has 0 radical (unpaired) electrons. The fourth-order valence-electron chi connectivity index (χ4n) is 2.41. The topological polar surface area (TPSA) is 64.0 Å². The molecule has 0 unspecified atom stereocenters. The van der Waals surface area contributed by atoms with Crippen LogP contribution in [0.15, 0.2) is 39.6 Å². The summed E-state index contributed by atoms with van der Waals surface area (Å²) < 4.78 is 2.14. The molecule has 124 valence electrons. The first kappa shape index (κ1) is 16.7. The Morgan fingerprint density at radius 2 is 2.00 bits per heavy atom. The summed E-state index contributed by atoms with van der Waals surface area (Å²) in [5.74, 6) is 0.0843. The molecular formula is C17H17N3O2S2. The minimum atomic E-state index is -0.114. The minimum absolute atomic E-state index is 0.0762. The second-order valence-corrected chi connectivity index (χ2v) is 7.36. The fourth-order valence-corrected chi connectivity index (χ4v) is 3.99. The third-order valence-electron chi connectivity index (χ3n) is 3.72. The Kier molecular flexibility index (Phi) is 4.73. The Balaban J connectivity index is 1.75. The van der Waals surface area contributed by atoms with Crippen molar-refractivity contribution in [3.05, 3.63) is 51.1 Å². The van der Waals surface area contributed by atoms with E-state index in [2.05, 4.69) is 10.3 Å². The number of para-hydroxylation sites is 1. The number of hydrogen-bond donors (Lipinski definition) is 1. The first-order valence-electron chi connectivity index (χ1n) is 7.40. The summed E-state index contributed by atoms with van der Waals surface area (Å²) in [6.45, 7) is 3.93. The maximum Gasteiger partial charge on any atom is 0.271 e. The molecule has 0 bridgehead atoms. The van der Waals surface area contributed by atoms with Gasteiger partial charge in [-0.3, -0.25) is 14.2 Å². The molecule has 5 nitrogen and oxygen atoms in total. The van der Waals surface area contributed by atoms with Gasteiger partial charge in [-0.15, -0.1) is 11.3 Å². The molecule has 0 atom stereocenters. The van der Waals surface area contributed by atoms with Crippen molar-refractivity contribution in [2.24, 2.45) is 7.05 Å². The highest BCUT2D eigenvalue weighted by molar-refractivity contribution is 7.99. The quantitative estimate of drug-likeness (QED) is 0.573. The van der Waals surface area contributed by atoms with Gasteiger partial charge in [-0.1, -0.05) is 30.0 Å². The molecule has 1 N–H and O–H groups in total. The van der Waals surface area contributed by atoms with E-state index in [-0.39, 0.29) is 17.2 Å². The average Bonchev–Trinajstić information content (AvgIpc) is 3.02. The van der Waals surface area contributed by atoms with Crippen LogP contribution in [0.5, 0.6) is 0 Å². The molecule has 2 heterocycles. The van der Waals surface area contributed by atoms with Crippen LogP contribution in [0.4, 0.5) is 5.69 Å². The van der Waals surface area contributed by atoms with E-state index in [4.69, 9.17) is 0 Å². The van der Waals surface area contributed by atoms with Gasteiger partial charge < -0.3 is 5.32 Å². The maximum absolute atomic E-state index is 12.3. The number of benzene rings is 1. The van der Waals surface area contributed by atoms with Crippen molar-refractivity contribution in [2.75, 3.05) is 11.1 Å². The second-order valence-electron chi connectivity index (χ2n) is 5.50. The maximum atomic E-state index is 12.3. The molecule has 3 rings (SSSR count). The summed E-state index contributed by atoms with van der Waals surface area (Å²) in [6.07, 6.45) is 0. The third kappa shape index (κ3) is 3.22. The van der Waals surface area contributed by atoms with Crippen molar-refractivity contribution in [1.82, 2.24) is 9.55 Å². The molecule has 0 aliphatic rings. The summed E-state index contributed by atoms with van der Waals surface area (Å²) in [4.78, 5) is 29.0. The molecule has 1 amide bonds. The lowest BCUT2D eigenvalue weighted by molar-refractivity contribution is -0.113. The number of anilines is 1. The average molecular weight is 359 g/mol. The van der Waals surface area contributed by atoms with Gasteiger partial charge in [-0.05, 0) is 36.4 Å². The van der Waals surface area contributed by atoms with Crippen LogP contribution in [0.1, 0.15) is 11.1 Å². The first-order chi connectivity index (χ1) is 11.5. The number of carbonyl (C=O) groups excluding carboxylic acids is 1. The van der Waals surface area contributed by atoms with Crippen molar-refractivity contribution in [2.45, 2.75) is 19.0 Å². The van der Waals surface area contributed by atoms with E-state index in [9.17, 15) is 9.59 Å². The SMILES string of the molecule is Cc1cccc(C)c1NC(=O)CSc1nc2ccsc2c(=O)n1C. The van der Waals surface area contributed by atoms with E-state index < -0.39 is 0 Å². The van der Waals surface area contributed by atoms with E-state index in [1.807, 2.05) is 43.5 Å². The zero-order valence-corrected chi connectivity index (χ0v) is 15.3. The number of fused-ring (bicyclic) bond motifs is 1. The zero-order chi connectivity index (χ0) is 17.3. The van der Waals surface area contributed by atoms with Crippen LogP contribution in [-0.4, -0.2) is 21.2 Å². The number of nitrogens with one attached hydrogen (secondary N) is 1. The predicted molar refractivity (Wildman–Crippen MR) is 100 cm³/mol. The van der Waals surface area contributed by atoms with Gasteiger partial charge in [0.1, 0.15) is 4.70 Å². The number of thiophene rings is 1. The van der Waals surface area contributed by atoms with Gasteiger partial charge in [0.25, 0.3) is 5.56 Å². The standard InChI is InChI=1S/C17H17N3O2S2/c1-10-5-4-6-11(2)14(10)19-13(21)9-24-17-18-12-7-8-23-15(12)16(22)20(17)3/h4-8H,9H2,1-3H3,(H,19,21). The van der Waals surface area contributed by atoms with Gasteiger partial charge in [-0.2, -0.15) is 0 Å². The van der Waals surface area contributed by atoms with E-state index in [0.717, 1.165) is 16.8 Å². The van der Waals surface area contributed by atoms with Crippen molar-refractivity contribution >= 4 is 44.9 Å². The van der Waals surface area contributed by atoms with Gasteiger partial charge in [-0.25, -0.2) is 4.98 Å². The molecule has 0 saturated heterocycles. The van der Waals surface area contributed by atoms with Gasteiger partial charge in [0.05, 0.1) is 11.3 Å². The van der Waals surface area contributed by atoms with Crippen LogP contribution in [0.3, 0.4) is 0 Å². The highest BCUT2D eigenvalue weighted by Crippen LogP contribution is 2.22. The number of thioether (sulfide) groups is 1. The van der Waals surface area contributed by atoms with Gasteiger partial charge in [0, 0.05) is 12.7 Å². The van der Waals surface area contributed by atoms with Crippen molar-refractivity contribution in [3.8, 4) is 0 Å². The predicted octanol–water partition coefficient (Wildman–Crippen LogP) is 3.34. The van der Waals surface area contributed by atoms with Gasteiger partial charge in [0.15, 0.2) is 5.16 Å². The lowest BCUT2D eigenvalue weighted by Gasteiger charge is -2.11. The van der Waals surface area contributed by atoms with E-state index in [0.29, 0.717) is 15.4 Å². The number of rotatable bonds is 4. The largest absolute Gasteiger partial charge is 0.325 e. The first-order valence-corrected chi connectivity index (χ1v) is 9.27. The van der Waals surface area contributed by atoms with Crippen molar-refractivity contribution in [1.29, 1.82) is 0 Å². The van der Waals surface area contributed by atoms with Crippen LogP contribution in [0.2, 0.25) is 0 Å². The normalized spacial score (nSPS) is 11.0. The molecule has 2 aromatic heterocycles. The van der Waals surface area contributed by atoms with Crippen LogP contribution in [0, 0.1) is 13.8 Å². The Morgan fingerprint density at radius 1 is 1.29 bits per heavy atom. The van der Waals surface area contributed by atoms with E-state index in [1.54, 1.807) is 7.05 Å². The molecule has 7 heteroatoms. The molecule has 0 aliphatic heterocycles. The molecule has 0 aliphatic carbocycles. The summed E-state index contributed by atoms with van der Waals surface area (Å²) in [5, 5.41) is 5.33. The summed E-state index contributed by atoms with van der Waals surface area (Å²) >= 11 is 2.64. The summed E-state index contributed by atoms with van der Waals surface area (Å²) in [5.41, 5.74) is 3.50. The minimum Gasteiger partial charge on any atom is -0.325 e. The molecule has 0 spiro atoms. The summed E-state index contributed by atoms with van der Waals surface area (Å²) in [7, 11) is 1.68. The molecule has 24 heavy (non-hydrogen) atoms. The molecule has 1 aromatic carbocycles. The van der Waals surface area contributed by atoms with Crippen LogP contribution in [0.25, 0.3) is 10.2 Å². The number of amides is 1. The Labute approximate surface area is 147 Å². The number of hydrogen-bond acceptors (Lipinski definition) is 5. The number of nitrogens with zero attached hydrogens (tertiary/aromatic N) is 2. The highest BCUT2D eigenvalue weighted by Gasteiger charge is 2.13. The van der Waals surface area contributed by atoms with Crippen LogP contribution in [-0.2, 0) is 11.8 Å². The van der Waals surface area contributed by atoms with Crippen molar-refractivity contribution < 1.29 is 4.79 Å². The number of aryl methyl sites for hydroxylation is 2. The molecule has 3 aromatic rings. The molecule has 0 saturated carbocycles. The van der Waals surface area contributed by atoms with Gasteiger partial charge in [0.2, 0.25) is 5.91 Å². The Bertz CT molecular complexity index is 955. The smallest absolute Gasteiger partial charge is 0.271 e. The number of aromatic nitrogens is 2. The Morgan fingerprint density at radius 3 is 2.71 bits per heavy atom. The lowest BCUT2D eigenvalue weighted by Crippen LogP contribution is -2.21. The monoisotopic (exact) mass is 359 g/mol. The van der Waals surface area contributed by atoms with E-state index >= 15 is 0 Å². The van der Waals surface area contributed by atoms with Crippen molar-refractivity contribution in [3.63, 3.8) is 0 Å². The zero-order valence-electron chi connectivity index (χ0n) is 13.6. The third-order valence-corrected chi connectivity index (χ3v) is 5.65. The lowest BCUT2D eigenvalue weighted by atomic mass is 10.1. The highest BCUT2D eigenvalue weighted by atomic mass is 32.2. The fraction of sp³-hybridized carbons (Fsp3) is 0.235. The van der Waals surface area contributed by atoms with Gasteiger partial charge >= 0.3 is 0 Å². The second kappa shape index (κ2) is 6.78. The number of carbonyl (C=O) groups is 1. The summed E-state index contributed by atoms with van der Waals surface area (Å²) in [6, 6.07) is 7.71. The molecular weight excluding hydrogens is 342 g/mol. The van der Waals surface area contributed by atoms with E-state index in [1.165, 1.54) is 27.7 Å².